The van der Waals surface area contributed by atoms with E-state index < -0.39 is 11.6 Å². The van der Waals surface area contributed by atoms with E-state index in [1.54, 1.807) is 6.20 Å². The fourth-order valence-corrected chi connectivity index (χ4v) is 2.36. The summed E-state index contributed by atoms with van der Waals surface area (Å²) >= 11 is 10.2. The number of pyridine rings is 1. The van der Waals surface area contributed by atoms with Gasteiger partial charge in [-0.1, -0.05) is 11.6 Å². The van der Waals surface area contributed by atoms with Crippen LogP contribution in [0.15, 0.2) is 40.0 Å². The molecule has 1 N–H and O–H groups in total. The number of nitrogens with one attached hydrogen (secondary N) is 1. The Balaban J connectivity index is 2.14. The van der Waals surface area contributed by atoms with Gasteiger partial charge in [0.1, 0.15) is 11.6 Å². The van der Waals surface area contributed by atoms with E-state index in [0.717, 1.165) is 18.0 Å². The monoisotopic (exact) mass is 350 g/mol. The third-order valence-electron chi connectivity index (χ3n) is 2.00. The first-order chi connectivity index (χ1) is 8.58. The van der Waals surface area contributed by atoms with Crippen LogP contribution in [0.4, 0.5) is 14.5 Å². The van der Waals surface area contributed by atoms with Crippen molar-refractivity contribution in [1.82, 2.24) is 4.98 Å². The molecule has 18 heavy (non-hydrogen) atoms. The Morgan fingerprint density at radius 3 is 2.78 bits per heavy atom. The van der Waals surface area contributed by atoms with E-state index in [1.807, 2.05) is 0 Å². The maximum atomic E-state index is 13.4. The van der Waals surface area contributed by atoms with Crippen molar-refractivity contribution >= 4 is 45.2 Å². The molecule has 2 rings (SSSR count). The van der Waals surface area contributed by atoms with Crippen molar-refractivity contribution in [1.29, 1.82) is 0 Å². The Bertz CT molecular complexity index is 583. The topological polar surface area (TPSA) is 24.9 Å². The minimum atomic E-state index is -0.633. The van der Waals surface area contributed by atoms with E-state index >= 15 is 0 Å². The number of hydrogen-bond acceptors (Lipinski definition) is 3. The molecule has 94 valence electrons. The lowest BCUT2D eigenvalue weighted by Gasteiger charge is -2.08. The van der Waals surface area contributed by atoms with E-state index in [0.29, 0.717) is 15.2 Å². The van der Waals surface area contributed by atoms with E-state index in [9.17, 15) is 8.78 Å². The van der Waals surface area contributed by atoms with Crippen molar-refractivity contribution in [2.24, 2.45) is 0 Å². The Labute approximate surface area is 120 Å². The molecule has 0 bridgehead atoms. The molecular formula is C11H6BrClF2N2S. The minimum absolute atomic E-state index is 0.271. The highest BCUT2D eigenvalue weighted by Gasteiger charge is 2.08. The van der Waals surface area contributed by atoms with Gasteiger partial charge in [0.25, 0.3) is 0 Å². The second-order valence-electron chi connectivity index (χ2n) is 3.26. The van der Waals surface area contributed by atoms with Crippen LogP contribution in [-0.2, 0) is 0 Å². The van der Waals surface area contributed by atoms with Crippen LogP contribution < -0.4 is 4.72 Å². The largest absolute Gasteiger partial charge is 0.323 e. The van der Waals surface area contributed by atoms with Gasteiger partial charge in [0, 0.05) is 12.3 Å². The molecule has 1 heterocycles. The van der Waals surface area contributed by atoms with Crippen LogP contribution in [0.2, 0.25) is 5.02 Å². The summed E-state index contributed by atoms with van der Waals surface area (Å²) in [4.78, 5) is 4.20. The highest BCUT2D eigenvalue weighted by molar-refractivity contribution is 9.10. The molecule has 0 aliphatic rings. The molecule has 0 aliphatic carbocycles. The van der Waals surface area contributed by atoms with Crippen molar-refractivity contribution in [2.45, 2.75) is 4.90 Å². The van der Waals surface area contributed by atoms with Crippen LogP contribution >= 0.6 is 39.5 Å². The quantitative estimate of drug-likeness (QED) is 0.797. The van der Waals surface area contributed by atoms with Gasteiger partial charge in [0.05, 0.1) is 26.3 Å². The maximum Gasteiger partial charge on any atom is 0.141 e. The van der Waals surface area contributed by atoms with Crippen LogP contribution in [-0.4, -0.2) is 4.98 Å². The minimum Gasteiger partial charge on any atom is -0.323 e. The summed E-state index contributed by atoms with van der Waals surface area (Å²) in [5, 5.41) is 0.444. The number of anilines is 1. The summed E-state index contributed by atoms with van der Waals surface area (Å²) < 4.78 is 29.6. The first-order valence-electron chi connectivity index (χ1n) is 4.75. The van der Waals surface area contributed by atoms with Gasteiger partial charge in [-0.05, 0) is 40.0 Å². The fraction of sp³-hybridized carbons (Fsp3) is 0. The molecular weight excluding hydrogens is 346 g/mol. The van der Waals surface area contributed by atoms with E-state index in [4.69, 9.17) is 11.6 Å². The van der Waals surface area contributed by atoms with Crippen LogP contribution in [0.3, 0.4) is 0 Å². The first kappa shape index (κ1) is 13.6. The van der Waals surface area contributed by atoms with Crippen LogP contribution in [0, 0.1) is 11.6 Å². The molecule has 0 saturated carbocycles. The Kier molecular flexibility index (Phi) is 4.42. The number of aromatic nitrogens is 1. The number of nitrogens with zero attached hydrogens (tertiary/aromatic N) is 1. The van der Waals surface area contributed by atoms with Crippen LogP contribution in [0.25, 0.3) is 0 Å². The predicted molar refractivity (Wildman–Crippen MR) is 72.8 cm³/mol. The van der Waals surface area contributed by atoms with Gasteiger partial charge in [-0.25, -0.2) is 8.78 Å². The molecule has 0 radical (unpaired) electrons. The molecule has 0 atom stereocenters. The van der Waals surface area contributed by atoms with Gasteiger partial charge in [-0.15, -0.1) is 0 Å². The summed E-state index contributed by atoms with van der Waals surface area (Å²) in [5.74, 6) is -1.24. The maximum absolute atomic E-state index is 13.4. The summed E-state index contributed by atoms with van der Waals surface area (Å²) in [6.45, 7) is 0. The molecule has 0 amide bonds. The average molecular weight is 352 g/mol. The van der Waals surface area contributed by atoms with Crippen molar-refractivity contribution < 1.29 is 8.78 Å². The highest BCUT2D eigenvalue weighted by atomic mass is 79.9. The zero-order chi connectivity index (χ0) is 13.1. The molecule has 1 aromatic carbocycles. The number of rotatable bonds is 3. The third-order valence-corrected chi connectivity index (χ3v) is 4.11. The normalized spacial score (nSPS) is 10.4. The van der Waals surface area contributed by atoms with Crippen molar-refractivity contribution in [2.75, 3.05) is 4.72 Å². The fourth-order valence-electron chi connectivity index (χ4n) is 1.16. The molecule has 2 aromatic rings. The van der Waals surface area contributed by atoms with Crippen LogP contribution in [0.1, 0.15) is 0 Å². The smallest absolute Gasteiger partial charge is 0.141 e. The number of benzene rings is 1. The summed E-state index contributed by atoms with van der Waals surface area (Å²) in [5.41, 5.74) is 0.541. The van der Waals surface area contributed by atoms with E-state index in [2.05, 4.69) is 25.6 Å². The lowest BCUT2D eigenvalue weighted by Crippen LogP contribution is -1.92. The second kappa shape index (κ2) is 5.86. The average Bonchev–Trinajstić information content (AvgIpc) is 2.33. The molecule has 7 heteroatoms. The van der Waals surface area contributed by atoms with Crippen molar-refractivity contribution in [3.05, 3.63) is 51.7 Å². The third kappa shape index (κ3) is 3.13. The van der Waals surface area contributed by atoms with Gasteiger partial charge in [-0.3, -0.25) is 4.98 Å². The molecule has 0 spiro atoms. The Hall–Kier alpha value is -0.850. The molecule has 0 aliphatic heterocycles. The standard InChI is InChI=1S/C11H6BrClF2N2S/c12-7-4-16-5-9(11(7)13)17-18-10-2-1-6(14)3-8(10)15/h1-5,17H. The molecule has 2 nitrogen and oxygen atoms in total. The first-order valence-corrected chi connectivity index (χ1v) is 6.73. The highest BCUT2D eigenvalue weighted by Crippen LogP contribution is 2.32. The van der Waals surface area contributed by atoms with Crippen molar-refractivity contribution in [3.8, 4) is 0 Å². The van der Waals surface area contributed by atoms with Crippen LogP contribution in [0.5, 0.6) is 0 Å². The van der Waals surface area contributed by atoms with E-state index in [1.165, 1.54) is 18.3 Å². The molecule has 0 unspecified atom stereocenters. The zero-order valence-electron chi connectivity index (χ0n) is 8.75. The molecule has 0 fully saturated rings. The van der Waals surface area contributed by atoms with Gasteiger partial charge in [0.2, 0.25) is 0 Å². The van der Waals surface area contributed by atoms with Gasteiger partial charge >= 0.3 is 0 Å². The summed E-state index contributed by atoms with van der Waals surface area (Å²) in [7, 11) is 0. The summed E-state index contributed by atoms with van der Waals surface area (Å²) in [6, 6.07) is 3.36. The van der Waals surface area contributed by atoms with Gasteiger partial charge < -0.3 is 4.72 Å². The lowest BCUT2D eigenvalue weighted by atomic mass is 10.3. The van der Waals surface area contributed by atoms with Crippen molar-refractivity contribution in [3.63, 3.8) is 0 Å². The SMILES string of the molecule is Fc1ccc(SNc2cncc(Br)c2Cl)c(F)c1. The summed E-state index contributed by atoms with van der Waals surface area (Å²) in [6.07, 6.45) is 3.07. The molecule has 0 saturated heterocycles. The van der Waals surface area contributed by atoms with Gasteiger partial charge in [-0.2, -0.15) is 0 Å². The lowest BCUT2D eigenvalue weighted by molar-refractivity contribution is 0.566. The zero-order valence-corrected chi connectivity index (χ0v) is 11.9. The Morgan fingerprint density at radius 2 is 2.06 bits per heavy atom. The van der Waals surface area contributed by atoms with E-state index in [-0.39, 0.29) is 4.90 Å². The Morgan fingerprint density at radius 1 is 1.28 bits per heavy atom. The predicted octanol–water partition coefficient (Wildman–Crippen LogP) is 4.89. The number of hydrogen-bond donors (Lipinski definition) is 1. The number of halogens is 4. The molecule has 1 aromatic heterocycles. The second-order valence-corrected chi connectivity index (χ2v) is 5.34. The van der Waals surface area contributed by atoms with Gasteiger partial charge in [0.15, 0.2) is 0 Å².